The minimum atomic E-state index is -0.509. The van der Waals surface area contributed by atoms with Gasteiger partial charge >= 0.3 is 0 Å². The van der Waals surface area contributed by atoms with Crippen LogP contribution >= 0.6 is 0 Å². The van der Waals surface area contributed by atoms with Crippen molar-refractivity contribution >= 4 is 5.91 Å². The van der Waals surface area contributed by atoms with Gasteiger partial charge in [0.05, 0.1) is 18.2 Å². The van der Waals surface area contributed by atoms with Gasteiger partial charge in [0.25, 0.3) is 5.56 Å². The number of nitriles is 1. The molecular formula is C18H21N5O2. The Morgan fingerprint density at radius 1 is 1.40 bits per heavy atom. The quantitative estimate of drug-likeness (QED) is 0.921. The normalized spacial score (nSPS) is 14.4. The van der Waals surface area contributed by atoms with Crippen LogP contribution in [0.15, 0.2) is 23.1 Å². The van der Waals surface area contributed by atoms with Crippen molar-refractivity contribution in [1.82, 2.24) is 14.5 Å². The first-order chi connectivity index (χ1) is 12.0. The average molecular weight is 339 g/mol. The molecule has 130 valence electrons. The zero-order valence-electron chi connectivity index (χ0n) is 14.5. The summed E-state index contributed by atoms with van der Waals surface area (Å²) in [6.45, 7) is 3.42. The number of nitrogens with zero attached hydrogens (tertiary/aromatic N) is 4. The van der Waals surface area contributed by atoms with Crippen LogP contribution < -0.4 is 11.0 Å². The number of amides is 1. The summed E-state index contributed by atoms with van der Waals surface area (Å²) >= 11 is 0. The summed E-state index contributed by atoms with van der Waals surface area (Å²) in [5, 5.41) is 13.6. The van der Waals surface area contributed by atoms with Crippen molar-refractivity contribution in [2.24, 2.45) is 0 Å². The lowest BCUT2D eigenvalue weighted by Gasteiger charge is -2.12. The second kappa shape index (κ2) is 6.93. The monoisotopic (exact) mass is 339 g/mol. The van der Waals surface area contributed by atoms with E-state index in [9.17, 15) is 9.59 Å². The van der Waals surface area contributed by atoms with E-state index in [0.717, 1.165) is 17.5 Å². The first-order valence-electron chi connectivity index (χ1n) is 8.47. The number of pyridine rings is 1. The number of aryl methyl sites for hydroxylation is 2. The summed E-state index contributed by atoms with van der Waals surface area (Å²) in [7, 11) is 0. The van der Waals surface area contributed by atoms with Crippen molar-refractivity contribution in [3.05, 3.63) is 51.2 Å². The molecule has 1 fully saturated rings. The maximum atomic E-state index is 12.3. The maximum absolute atomic E-state index is 12.3. The molecule has 0 saturated heterocycles. The van der Waals surface area contributed by atoms with Gasteiger partial charge in [0.15, 0.2) is 0 Å². The second-order valence-electron chi connectivity index (χ2n) is 6.53. The Hall–Kier alpha value is -2.88. The number of rotatable bonds is 4. The van der Waals surface area contributed by atoms with E-state index in [2.05, 4.69) is 10.5 Å². The highest BCUT2D eigenvalue weighted by Crippen LogP contribution is 2.28. The number of carbonyl (C=O) groups excluding carboxylic acids is 1. The fourth-order valence-corrected chi connectivity index (χ4v) is 3.34. The summed E-state index contributed by atoms with van der Waals surface area (Å²) in [6, 6.07) is 5.86. The Morgan fingerprint density at radius 2 is 2.12 bits per heavy atom. The third kappa shape index (κ3) is 3.48. The molecule has 1 saturated carbocycles. The van der Waals surface area contributed by atoms with Crippen molar-refractivity contribution in [2.75, 3.05) is 5.43 Å². The van der Waals surface area contributed by atoms with Gasteiger partial charge in [0.1, 0.15) is 11.6 Å². The minimum Gasteiger partial charge on any atom is -0.273 e. The molecule has 0 radical (unpaired) electrons. The third-order valence-corrected chi connectivity index (χ3v) is 4.64. The molecule has 0 spiro atoms. The van der Waals surface area contributed by atoms with Crippen LogP contribution in [0.25, 0.3) is 0 Å². The maximum Gasteiger partial charge on any atom is 0.287 e. The summed E-state index contributed by atoms with van der Waals surface area (Å²) in [5.74, 6) is -0.338. The van der Waals surface area contributed by atoms with Crippen molar-refractivity contribution in [3.8, 4) is 6.07 Å². The topological polar surface area (TPSA) is 92.7 Å². The van der Waals surface area contributed by atoms with Crippen molar-refractivity contribution in [3.63, 3.8) is 0 Å². The molecule has 0 aromatic carbocycles. The molecule has 7 heteroatoms. The molecule has 0 unspecified atom stereocenters. The zero-order chi connectivity index (χ0) is 18.0. The fraction of sp³-hybridized carbons (Fsp3) is 0.444. The van der Waals surface area contributed by atoms with E-state index in [1.807, 2.05) is 23.0 Å². The Balaban J connectivity index is 1.73. The molecule has 1 amide bonds. The SMILES string of the molecule is Cc1cc(C)n(NC(=O)Cc2ccn(C3CCCC3)n2)c(=O)c1C#N. The van der Waals surface area contributed by atoms with Gasteiger partial charge in [-0.05, 0) is 44.4 Å². The minimum absolute atomic E-state index is 0.0383. The molecule has 1 aliphatic rings. The molecule has 25 heavy (non-hydrogen) atoms. The molecule has 2 heterocycles. The van der Waals surface area contributed by atoms with E-state index in [-0.39, 0.29) is 17.9 Å². The number of carbonyl (C=O) groups is 1. The molecular weight excluding hydrogens is 318 g/mol. The van der Waals surface area contributed by atoms with Crippen molar-refractivity contribution in [1.29, 1.82) is 5.26 Å². The van der Waals surface area contributed by atoms with Crippen LogP contribution in [-0.2, 0) is 11.2 Å². The highest BCUT2D eigenvalue weighted by molar-refractivity contribution is 5.85. The van der Waals surface area contributed by atoms with Crippen LogP contribution in [0.4, 0.5) is 0 Å². The first kappa shape index (κ1) is 17.0. The lowest BCUT2D eigenvalue weighted by molar-refractivity contribution is -0.116. The highest BCUT2D eigenvalue weighted by atomic mass is 16.2. The lowest BCUT2D eigenvalue weighted by atomic mass is 10.1. The fourth-order valence-electron chi connectivity index (χ4n) is 3.34. The molecule has 0 aliphatic heterocycles. The Labute approximate surface area is 145 Å². The second-order valence-corrected chi connectivity index (χ2v) is 6.53. The highest BCUT2D eigenvalue weighted by Gasteiger charge is 2.18. The number of hydrogen-bond donors (Lipinski definition) is 1. The van der Waals surface area contributed by atoms with Gasteiger partial charge in [-0.15, -0.1) is 0 Å². The molecule has 7 nitrogen and oxygen atoms in total. The lowest BCUT2D eigenvalue weighted by Crippen LogP contribution is -2.37. The Bertz CT molecular complexity index is 897. The van der Waals surface area contributed by atoms with Gasteiger partial charge in [-0.2, -0.15) is 10.4 Å². The van der Waals surface area contributed by atoms with Crippen molar-refractivity contribution in [2.45, 2.75) is 52.0 Å². The molecule has 3 rings (SSSR count). The van der Waals surface area contributed by atoms with Crippen LogP contribution in [0, 0.1) is 25.2 Å². The summed E-state index contributed by atoms with van der Waals surface area (Å²) in [4.78, 5) is 24.6. The molecule has 0 atom stereocenters. The first-order valence-corrected chi connectivity index (χ1v) is 8.47. The summed E-state index contributed by atoms with van der Waals surface area (Å²) in [6.07, 6.45) is 6.69. The number of hydrogen-bond acceptors (Lipinski definition) is 4. The van der Waals surface area contributed by atoms with E-state index >= 15 is 0 Å². The predicted octanol–water partition coefficient (Wildman–Crippen LogP) is 1.96. The number of nitrogens with one attached hydrogen (secondary N) is 1. The van der Waals surface area contributed by atoms with Gasteiger partial charge in [-0.3, -0.25) is 19.7 Å². The van der Waals surface area contributed by atoms with E-state index in [4.69, 9.17) is 5.26 Å². The van der Waals surface area contributed by atoms with E-state index in [0.29, 0.717) is 23.0 Å². The molecule has 2 aromatic rings. The van der Waals surface area contributed by atoms with Crippen LogP contribution in [0.2, 0.25) is 0 Å². The molecule has 1 N–H and O–H groups in total. The smallest absolute Gasteiger partial charge is 0.273 e. The van der Waals surface area contributed by atoms with E-state index in [1.54, 1.807) is 19.9 Å². The largest absolute Gasteiger partial charge is 0.287 e. The van der Waals surface area contributed by atoms with Crippen LogP contribution in [-0.4, -0.2) is 20.4 Å². The van der Waals surface area contributed by atoms with Gasteiger partial charge in [0, 0.05) is 11.9 Å². The van der Waals surface area contributed by atoms with Gasteiger partial charge in [0.2, 0.25) is 5.91 Å². The molecule has 1 aliphatic carbocycles. The van der Waals surface area contributed by atoms with Gasteiger partial charge in [-0.25, -0.2) is 4.68 Å². The van der Waals surface area contributed by atoms with Gasteiger partial charge in [-0.1, -0.05) is 12.8 Å². The predicted molar refractivity (Wildman–Crippen MR) is 92.7 cm³/mol. The van der Waals surface area contributed by atoms with Crippen LogP contribution in [0.5, 0.6) is 0 Å². The molecule has 2 aromatic heterocycles. The Morgan fingerprint density at radius 3 is 2.80 bits per heavy atom. The van der Waals surface area contributed by atoms with Crippen LogP contribution in [0.3, 0.4) is 0 Å². The van der Waals surface area contributed by atoms with Crippen LogP contribution in [0.1, 0.15) is 54.2 Å². The van der Waals surface area contributed by atoms with Gasteiger partial charge < -0.3 is 0 Å². The Kier molecular flexibility index (Phi) is 4.70. The average Bonchev–Trinajstić information content (AvgIpc) is 3.22. The zero-order valence-corrected chi connectivity index (χ0v) is 14.5. The van der Waals surface area contributed by atoms with E-state index in [1.165, 1.54) is 12.8 Å². The standard InChI is InChI=1S/C18H21N5O2/c1-12-9-13(2)23(18(25)16(12)11-19)21-17(24)10-14-7-8-22(20-14)15-5-3-4-6-15/h7-9,15H,3-6,10H2,1-2H3,(H,21,24). The molecule has 0 bridgehead atoms. The third-order valence-electron chi connectivity index (χ3n) is 4.64. The number of aromatic nitrogens is 3. The van der Waals surface area contributed by atoms with E-state index < -0.39 is 5.56 Å². The summed E-state index contributed by atoms with van der Waals surface area (Å²) < 4.78 is 3.06. The summed E-state index contributed by atoms with van der Waals surface area (Å²) in [5.41, 5.74) is 3.95. The van der Waals surface area contributed by atoms with Crippen molar-refractivity contribution < 1.29 is 4.79 Å².